The molecule has 1 aromatic rings. The van der Waals surface area contributed by atoms with E-state index in [-0.39, 0.29) is 5.88 Å². The molecule has 0 radical (unpaired) electrons. The standard InChI is InChI=1S/C14H18N2O2/c17-13-4-3-12(9-15-13)10-5-7-16(8-6-10)14(18)11-1-2-11/h3-4,9-11H,1-2,5-8H2,(H,15,17). The van der Waals surface area contributed by atoms with Gasteiger partial charge < -0.3 is 10.0 Å². The minimum absolute atomic E-state index is 0.0695. The maximum atomic E-state index is 11.9. The van der Waals surface area contributed by atoms with Gasteiger partial charge >= 0.3 is 0 Å². The molecule has 0 aromatic carbocycles. The fourth-order valence-corrected chi connectivity index (χ4v) is 2.66. The van der Waals surface area contributed by atoms with Crippen LogP contribution in [0.15, 0.2) is 18.3 Å². The van der Waals surface area contributed by atoms with Crippen LogP contribution in [0.4, 0.5) is 0 Å². The Morgan fingerprint density at radius 2 is 1.94 bits per heavy atom. The molecule has 4 heteroatoms. The highest BCUT2D eigenvalue weighted by atomic mass is 16.3. The number of hydrogen-bond donors (Lipinski definition) is 1. The fraction of sp³-hybridized carbons (Fsp3) is 0.571. The van der Waals surface area contributed by atoms with Gasteiger partial charge in [0.1, 0.15) is 0 Å². The number of carbonyl (C=O) groups is 1. The molecule has 4 nitrogen and oxygen atoms in total. The summed E-state index contributed by atoms with van der Waals surface area (Å²) in [4.78, 5) is 17.9. The van der Waals surface area contributed by atoms with E-state index in [0.717, 1.165) is 38.8 Å². The van der Waals surface area contributed by atoms with Crippen molar-refractivity contribution in [2.24, 2.45) is 5.92 Å². The number of piperidine rings is 1. The molecule has 0 bridgehead atoms. The van der Waals surface area contributed by atoms with Gasteiger partial charge in [-0.1, -0.05) is 6.07 Å². The molecule has 1 aliphatic carbocycles. The SMILES string of the molecule is O=C(C1CC1)N1CCC(c2ccc(O)nc2)CC1. The van der Waals surface area contributed by atoms with E-state index in [1.807, 2.05) is 11.0 Å². The highest BCUT2D eigenvalue weighted by Crippen LogP contribution is 2.34. The van der Waals surface area contributed by atoms with Crippen molar-refractivity contribution in [3.8, 4) is 5.88 Å². The number of aromatic nitrogens is 1. The zero-order chi connectivity index (χ0) is 12.5. The fourth-order valence-electron chi connectivity index (χ4n) is 2.66. The van der Waals surface area contributed by atoms with Gasteiger partial charge in [-0.15, -0.1) is 0 Å². The van der Waals surface area contributed by atoms with E-state index in [9.17, 15) is 9.90 Å². The first-order valence-corrected chi connectivity index (χ1v) is 6.68. The quantitative estimate of drug-likeness (QED) is 0.867. The molecule has 0 unspecified atom stereocenters. The number of pyridine rings is 1. The van der Waals surface area contributed by atoms with Crippen LogP contribution in [0.1, 0.15) is 37.2 Å². The highest BCUT2D eigenvalue weighted by molar-refractivity contribution is 5.81. The summed E-state index contributed by atoms with van der Waals surface area (Å²) in [5.41, 5.74) is 1.17. The largest absolute Gasteiger partial charge is 0.493 e. The van der Waals surface area contributed by atoms with Gasteiger partial charge in [-0.3, -0.25) is 4.79 Å². The number of carbonyl (C=O) groups excluding carboxylic acids is 1. The molecule has 0 spiro atoms. The molecule has 2 aliphatic rings. The number of aromatic hydroxyl groups is 1. The smallest absolute Gasteiger partial charge is 0.225 e. The van der Waals surface area contributed by atoms with Crippen molar-refractivity contribution in [3.63, 3.8) is 0 Å². The van der Waals surface area contributed by atoms with Gasteiger partial charge in [-0.05, 0) is 37.2 Å². The zero-order valence-corrected chi connectivity index (χ0v) is 10.4. The predicted molar refractivity (Wildman–Crippen MR) is 67.2 cm³/mol. The second-order valence-corrected chi connectivity index (χ2v) is 5.32. The number of hydrogen-bond acceptors (Lipinski definition) is 3. The first kappa shape index (κ1) is 11.5. The topological polar surface area (TPSA) is 53.4 Å². The van der Waals surface area contributed by atoms with Crippen molar-refractivity contribution < 1.29 is 9.90 Å². The van der Waals surface area contributed by atoms with Crippen LogP contribution < -0.4 is 0 Å². The third-order valence-corrected chi connectivity index (χ3v) is 3.98. The minimum atomic E-state index is 0.0695. The van der Waals surface area contributed by atoms with Crippen LogP contribution in [0.3, 0.4) is 0 Å². The van der Waals surface area contributed by atoms with Crippen molar-refractivity contribution >= 4 is 5.91 Å². The zero-order valence-electron chi connectivity index (χ0n) is 10.4. The van der Waals surface area contributed by atoms with Crippen molar-refractivity contribution in [1.82, 2.24) is 9.88 Å². The molecular weight excluding hydrogens is 228 g/mol. The Kier molecular flexibility index (Phi) is 2.94. The third-order valence-electron chi connectivity index (χ3n) is 3.98. The lowest BCUT2D eigenvalue weighted by Crippen LogP contribution is -2.38. The van der Waals surface area contributed by atoms with Gasteiger partial charge in [0.25, 0.3) is 0 Å². The van der Waals surface area contributed by atoms with Crippen LogP contribution in [0.25, 0.3) is 0 Å². The minimum Gasteiger partial charge on any atom is -0.493 e. The summed E-state index contributed by atoms with van der Waals surface area (Å²) in [5, 5.41) is 9.17. The van der Waals surface area contributed by atoms with Crippen molar-refractivity contribution in [3.05, 3.63) is 23.9 Å². The van der Waals surface area contributed by atoms with Crippen molar-refractivity contribution in [2.75, 3.05) is 13.1 Å². The number of nitrogens with zero attached hydrogens (tertiary/aromatic N) is 2. The Balaban J connectivity index is 1.59. The molecular formula is C14H18N2O2. The Hall–Kier alpha value is -1.58. The molecule has 1 aliphatic heterocycles. The van der Waals surface area contributed by atoms with Gasteiger partial charge in [-0.25, -0.2) is 4.98 Å². The van der Waals surface area contributed by atoms with Gasteiger partial charge in [-0.2, -0.15) is 0 Å². The van der Waals surface area contributed by atoms with E-state index in [0.29, 0.717) is 17.7 Å². The number of likely N-dealkylation sites (tertiary alicyclic amines) is 1. The molecule has 1 saturated heterocycles. The summed E-state index contributed by atoms with van der Waals surface area (Å²) in [7, 11) is 0. The second-order valence-electron chi connectivity index (χ2n) is 5.32. The molecule has 1 saturated carbocycles. The van der Waals surface area contributed by atoms with E-state index >= 15 is 0 Å². The summed E-state index contributed by atoms with van der Waals surface area (Å²) >= 11 is 0. The lowest BCUT2D eigenvalue weighted by molar-refractivity contribution is -0.133. The molecule has 3 rings (SSSR count). The number of amides is 1. The third kappa shape index (κ3) is 2.33. The highest BCUT2D eigenvalue weighted by Gasteiger charge is 2.35. The molecule has 2 fully saturated rings. The monoisotopic (exact) mass is 246 g/mol. The van der Waals surface area contributed by atoms with Crippen LogP contribution in [-0.2, 0) is 4.79 Å². The molecule has 2 heterocycles. The molecule has 1 amide bonds. The Morgan fingerprint density at radius 3 is 2.50 bits per heavy atom. The van der Waals surface area contributed by atoms with Gasteiger partial charge in [0.15, 0.2) is 0 Å². The molecule has 1 aromatic heterocycles. The summed E-state index contributed by atoms with van der Waals surface area (Å²) in [6.45, 7) is 1.72. The lowest BCUT2D eigenvalue weighted by atomic mass is 9.90. The van der Waals surface area contributed by atoms with Crippen LogP contribution in [-0.4, -0.2) is 34.0 Å². The maximum absolute atomic E-state index is 11.9. The first-order valence-electron chi connectivity index (χ1n) is 6.68. The van der Waals surface area contributed by atoms with E-state index in [4.69, 9.17) is 0 Å². The van der Waals surface area contributed by atoms with E-state index in [2.05, 4.69) is 4.98 Å². The molecule has 0 atom stereocenters. The predicted octanol–water partition coefficient (Wildman–Crippen LogP) is 1.90. The van der Waals surface area contributed by atoms with Gasteiger partial charge in [0, 0.05) is 31.3 Å². The normalized spacial score (nSPS) is 21.0. The van der Waals surface area contributed by atoms with E-state index < -0.39 is 0 Å². The van der Waals surface area contributed by atoms with Gasteiger partial charge in [0.05, 0.1) is 0 Å². The van der Waals surface area contributed by atoms with Crippen LogP contribution in [0, 0.1) is 5.92 Å². The molecule has 1 N–H and O–H groups in total. The summed E-state index contributed by atoms with van der Waals surface area (Å²) in [6.07, 6.45) is 5.93. The lowest BCUT2D eigenvalue weighted by Gasteiger charge is -2.32. The van der Waals surface area contributed by atoms with Crippen LogP contribution >= 0.6 is 0 Å². The van der Waals surface area contributed by atoms with Crippen LogP contribution in [0.2, 0.25) is 0 Å². The Bertz CT molecular complexity index is 432. The van der Waals surface area contributed by atoms with E-state index in [1.165, 1.54) is 5.56 Å². The van der Waals surface area contributed by atoms with Gasteiger partial charge in [0.2, 0.25) is 11.8 Å². The Labute approximate surface area is 107 Å². The van der Waals surface area contributed by atoms with Crippen molar-refractivity contribution in [1.29, 1.82) is 0 Å². The van der Waals surface area contributed by atoms with E-state index in [1.54, 1.807) is 12.3 Å². The number of rotatable bonds is 2. The Morgan fingerprint density at radius 1 is 1.22 bits per heavy atom. The first-order chi connectivity index (χ1) is 8.74. The van der Waals surface area contributed by atoms with Crippen molar-refractivity contribution in [2.45, 2.75) is 31.6 Å². The summed E-state index contributed by atoms with van der Waals surface area (Å²) in [6, 6.07) is 3.57. The molecule has 18 heavy (non-hydrogen) atoms. The summed E-state index contributed by atoms with van der Waals surface area (Å²) < 4.78 is 0. The maximum Gasteiger partial charge on any atom is 0.225 e. The average molecular weight is 246 g/mol. The average Bonchev–Trinajstić information content (AvgIpc) is 3.23. The summed E-state index contributed by atoms with van der Waals surface area (Å²) in [5.74, 6) is 1.23. The molecule has 96 valence electrons. The van der Waals surface area contributed by atoms with Crippen LogP contribution in [0.5, 0.6) is 5.88 Å². The second kappa shape index (κ2) is 4.59.